The fraction of sp³-hybridized carbons (Fsp3) is 0.600. The van der Waals surface area contributed by atoms with Gasteiger partial charge in [-0.1, -0.05) is 27.7 Å². The van der Waals surface area contributed by atoms with Gasteiger partial charge in [-0.05, 0) is 37.1 Å². The lowest BCUT2D eigenvalue weighted by molar-refractivity contribution is 0.0615. The van der Waals surface area contributed by atoms with Crippen LogP contribution in [0.5, 0.6) is 5.75 Å². The number of hydrogen-bond donors (Lipinski definition) is 1. The van der Waals surface area contributed by atoms with Gasteiger partial charge in [0.05, 0.1) is 0 Å². The number of aryl methyl sites for hydroxylation is 1. The van der Waals surface area contributed by atoms with E-state index in [4.69, 9.17) is 10.5 Å². The number of hydrogen-bond acceptors (Lipinski definition) is 2. The van der Waals surface area contributed by atoms with E-state index >= 15 is 0 Å². The van der Waals surface area contributed by atoms with Crippen molar-refractivity contribution in [3.8, 4) is 5.75 Å². The molecule has 2 atom stereocenters. The van der Waals surface area contributed by atoms with E-state index in [0.717, 1.165) is 12.0 Å². The Morgan fingerprint density at radius 1 is 1.33 bits per heavy atom. The van der Waals surface area contributed by atoms with Gasteiger partial charge in [-0.3, -0.25) is 0 Å². The first-order valence-electron chi connectivity index (χ1n) is 6.44. The zero-order valence-electron chi connectivity index (χ0n) is 12.0. The van der Waals surface area contributed by atoms with E-state index in [-0.39, 0.29) is 23.4 Å². The molecule has 0 heterocycles. The maximum Gasteiger partial charge on any atom is 0.123 e. The van der Waals surface area contributed by atoms with Crippen LogP contribution in [-0.2, 0) is 0 Å². The van der Waals surface area contributed by atoms with E-state index in [1.165, 1.54) is 12.1 Å². The molecule has 0 bridgehead atoms. The van der Waals surface area contributed by atoms with Gasteiger partial charge in [0.2, 0.25) is 0 Å². The van der Waals surface area contributed by atoms with E-state index in [0.29, 0.717) is 5.75 Å². The van der Waals surface area contributed by atoms with Crippen molar-refractivity contribution < 1.29 is 9.13 Å². The maximum absolute atomic E-state index is 13.1. The van der Waals surface area contributed by atoms with Gasteiger partial charge < -0.3 is 10.5 Å². The van der Waals surface area contributed by atoms with Crippen molar-refractivity contribution in [1.29, 1.82) is 0 Å². The predicted molar refractivity (Wildman–Crippen MR) is 73.3 cm³/mol. The van der Waals surface area contributed by atoms with Gasteiger partial charge in [-0.2, -0.15) is 0 Å². The summed E-state index contributed by atoms with van der Waals surface area (Å²) in [4.78, 5) is 0. The van der Waals surface area contributed by atoms with Crippen LogP contribution in [0, 0.1) is 18.2 Å². The highest BCUT2D eigenvalue weighted by Gasteiger charge is 2.31. The SMILES string of the molecule is CCC(N)C(Oc1ccc(F)cc1C)C(C)(C)C. The lowest BCUT2D eigenvalue weighted by Gasteiger charge is -2.35. The smallest absolute Gasteiger partial charge is 0.123 e. The van der Waals surface area contributed by atoms with Crippen molar-refractivity contribution >= 4 is 0 Å². The van der Waals surface area contributed by atoms with Gasteiger partial charge in [0.25, 0.3) is 0 Å². The molecular formula is C15H24FNO. The molecule has 0 aliphatic rings. The third kappa shape index (κ3) is 3.70. The van der Waals surface area contributed by atoms with E-state index < -0.39 is 0 Å². The van der Waals surface area contributed by atoms with Crippen LogP contribution in [-0.4, -0.2) is 12.1 Å². The van der Waals surface area contributed by atoms with Gasteiger partial charge in [-0.25, -0.2) is 4.39 Å². The normalized spacial score (nSPS) is 15.3. The predicted octanol–water partition coefficient (Wildman–Crippen LogP) is 3.66. The summed E-state index contributed by atoms with van der Waals surface area (Å²) in [6.07, 6.45) is 0.758. The van der Waals surface area contributed by atoms with Crippen molar-refractivity contribution in [2.75, 3.05) is 0 Å². The van der Waals surface area contributed by atoms with Gasteiger partial charge >= 0.3 is 0 Å². The van der Waals surface area contributed by atoms with Crippen LogP contribution in [0.4, 0.5) is 4.39 Å². The van der Waals surface area contributed by atoms with Gasteiger partial charge in [-0.15, -0.1) is 0 Å². The van der Waals surface area contributed by atoms with Crippen molar-refractivity contribution in [1.82, 2.24) is 0 Å². The minimum atomic E-state index is -0.244. The minimum absolute atomic E-state index is 0.0329. The molecule has 18 heavy (non-hydrogen) atoms. The van der Waals surface area contributed by atoms with Crippen LogP contribution < -0.4 is 10.5 Å². The minimum Gasteiger partial charge on any atom is -0.488 e. The molecule has 0 saturated carbocycles. The first kappa shape index (κ1) is 15.0. The number of nitrogens with two attached hydrogens (primary N) is 1. The monoisotopic (exact) mass is 253 g/mol. The molecule has 2 nitrogen and oxygen atoms in total. The zero-order valence-corrected chi connectivity index (χ0v) is 12.0. The second-order valence-corrected chi connectivity index (χ2v) is 5.89. The largest absolute Gasteiger partial charge is 0.488 e. The Morgan fingerprint density at radius 2 is 1.94 bits per heavy atom. The zero-order chi connectivity index (χ0) is 13.9. The summed E-state index contributed by atoms with van der Waals surface area (Å²) in [5, 5.41) is 0. The Morgan fingerprint density at radius 3 is 2.39 bits per heavy atom. The summed E-state index contributed by atoms with van der Waals surface area (Å²) < 4.78 is 19.1. The Balaban J connectivity index is 2.96. The van der Waals surface area contributed by atoms with Gasteiger partial charge in [0.15, 0.2) is 0 Å². The van der Waals surface area contributed by atoms with Crippen LogP contribution >= 0.6 is 0 Å². The molecule has 0 aromatic heterocycles. The van der Waals surface area contributed by atoms with Crippen LogP contribution in [0.2, 0.25) is 0 Å². The van der Waals surface area contributed by atoms with Crippen molar-refractivity contribution in [3.63, 3.8) is 0 Å². The Hall–Kier alpha value is -1.09. The molecule has 2 unspecified atom stereocenters. The average molecular weight is 253 g/mol. The highest BCUT2D eigenvalue weighted by Crippen LogP contribution is 2.29. The van der Waals surface area contributed by atoms with Gasteiger partial charge in [0.1, 0.15) is 17.7 Å². The molecule has 1 aromatic carbocycles. The van der Waals surface area contributed by atoms with E-state index in [9.17, 15) is 4.39 Å². The summed E-state index contributed by atoms with van der Waals surface area (Å²) in [7, 11) is 0. The standard InChI is InChI=1S/C15H24FNO/c1-6-12(17)14(15(3,4)5)18-13-8-7-11(16)9-10(13)2/h7-9,12,14H,6,17H2,1-5H3. The topological polar surface area (TPSA) is 35.2 Å². The van der Waals surface area contributed by atoms with Gasteiger partial charge in [0, 0.05) is 11.5 Å². The quantitative estimate of drug-likeness (QED) is 0.888. The number of rotatable bonds is 4. The molecule has 0 aliphatic carbocycles. The number of halogens is 1. The molecule has 102 valence electrons. The lowest BCUT2D eigenvalue weighted by Crippen LogP contribution is -2.47. The van der Waals surface area contributed by atoms with Crippen molar-refractivity contribution in [2.45, 2.75) is 53.2 Å². The Kier molecular flexibility index (Phi) is 4.74. The molecule has 1 aromatic rings. The van der Waals surface area contributed by atoms with Crippen LogP contribution in [0.3, 0.4) is 0 Å². The second kappa shape index (κ2) is 5.70. The van der Waals surface area contributed by atoms with E-state index in [1.54, 1.807) is 6.07 Å². The summed E-state index contributed by atoms with van der Waals surface area (Å²) in [6, 6.07) is 4.53. The fourth-order valence-electron chi connectivity index (χ4n) is 2.00. The first-order chi connectivity index (χ1) is 8.25. The summed E-state index contributed by atoms with van der Waals surface area (Å²) in [5.74, 6) is 0.465. The molecular weight excluding hydrogens is 229 g/mol. The molecule has 0 spiro atoms. The molecule has 2 N–H and O–H groups in total. The highest BCUT2D eigenvalue weighted by atomic mass is 19.1. The fourth-order valence-corrected chi connectivity index (χ4v) is 2.00. The molecule has 1 rings (SSSR count). The Labute approximate surface area is 109 Å². The number of ether oxygens (including phenoxy) is 1. The first-order valence-corrected chi connectivity index (χ1v) is 6.44. The average Bonchev–Trinajstić information content (AvgIpc) is 2.25. The molecule has 3 heteroatoms. The molecule has 0 saturated heterocycles. The van der Waals surface area contributed by atoms with E-state index in [2.05, 4.69) is 20.8 Å². The van der Waals surface area contributed by atoms with Crippen LogP contribution in [0.1, 0.15) is 39.7 Å². The van der Waals surface area contributed by atoms with Crippen molar-refractivity contribution in [3.05, 3.63) is 29.6 Å². The van der Waals surface area contributed by atoms with Crippen LogP contribution in [0.15, 0.2) is 18.2 Å². The third-order valence-electron chi connectivity index (χ3n) is 3.10. The summed E-state index contributed by atoms with van der Waals surface area (Å²) in [6.45, 7) is 10.2. The Bertz CT molecular complexity index is 398. The molecule has 0 fully saturated rings. The summed E-state index contributed by atoms with van der Waals surface area (Å²) >= 11 is 0. The number of benzene rings is 1. The lowest BCUT2D eigenvalue weighted by atomic mass is 9.84. The van der Waals surface area contributed by atoms with E-state index in [1.807, 2.05) is 13.8 Å². The van der Waals surface area contributed by atoms with Crippen molar-refractivity contribution in [2.24, 2.45) is 11.1 Å². The summed E-state index contributed by atoms with van der Waals surface area (Å²) in [5.41, 5.74) is 6.87. The maximum atomic E-state index is 13.1. The second-order valence-electron chi connectivity index (χ2n) is 5.89. The molecule has 0 aliphatic heterocycles. The van der Waals surface area contributed by atoms with Crippen LogP contribution in [0.25, 0.3) is 0 Å². The molecule has 0 amide bonds. The third-order valence-corrected chi connectivity index (χ3v) is 3.10. The highest BCUT2D eigenvalue weighted by molar-refractivity contribution is 5.33. The molecule has 0 radical (unpaired) electrons.